The highest BCUT2D eigenvalue weighted by molar-refractivity contribution is 5.87. The Labute approximate surface area is 101 Å². The number of ether oxygens (including phenoxy) is 1. The predicted octanol–water partition coefficient (Wildman–Crippen LogP) is -0.328. The van der Waals surface area contributed by atoms with Crippen LogP contribution in [0.4, 0.5) is 0 Å². The summed E-state index contributed by atoms with van der Waals surface area (Å²) in [5.41, 5.74) is 5.47. The van der Waals surface area contributed by atoms with E-state index in [1.807, 2.05) is 20.8 Å². The van der Waals surface area contributed by atoms with Crippen molar-refractivity contribution >= 4 is 11.9 Å². The van der Waals surface area contributed by atoms with Gasteiger partial charge in [0.15, 0.2) is 6.04 Å². The van der Waals surface area contributed by atoms with Crippen molar-refractivity contribution in [1.29, 1.82) is 0 Å². The van der Waals surface area contributed by atoms with Crippen LogP contribution in [0.1, 0.15) is 20.8 Å². The zero-order valence-electron chi connectivity index (χ0n) is 10.5. The zero-order chi connectivity index (χ0) is 13.2. The van der Waals surface area contributed by atoms with Crippen LogP contribution in [0.25, 0.3) is 0 Å². The second-order valence-electron chi connectivity index (χ2n) is 5.30. The number of nitrogens with zero attached hydrogens (tertiary/aromatic N) is 1. The van der Waals surface area contributed by atoms with Crippen molar-refractivity contribution in [2.24, 2.45) is 11.1 Å². The second-order valence-corrected chi connectivity index (χ2v) is 5.30. The van der Waals surface area contributed by atoms with Gasteiger partial charge >= 0.3 is 5.97 Å². The molecule has 1 unspecified atom stereocenters. The summed E-state index contributed by atoms with van der Waals surface area (Å²) in [5.74, 6) is -1.38. The normalized spacial score (nSPS) is 23.3. The van der Waals surface area contributed by atoms with Crippen LogP contribution in [0.2, 0.25) is 0 Å². The highest BCUT2D eigenvalue weighted by atomic mass is 16.5. The third kappa shape index (κ3) is 3.17. The van der Waals surface area contributed by atoms with E-state index in [0.29, 0.717) is 6.61 Å². The van der Waals surface area contributed by atoms with Gasteiger partial charge in [0.2, 0.25) is 5.91 Å². The molecule has 0 bridgehead atoms. The van der Waals surface area contributed by atoms with Crippen LogP contribution in [-0.4, -0.2) is 53.7 Å². The summed E-state index contributed by atoms with van der Waals surface area (Å²) >= 11 is 0. The van der Waals surface area contributed by atoms with Gasteiger partial charge in [-0.1, -0.05) is 20.8 Å². The van der Waals surface area contributed by atoms with Crippen LogP contribution < -0.4 is 5.73 Å². The molecule has 0 aromatic rings. The Morgan fingerprint density at radius 1 is 1.47 bits per heavy atom. The smallest absolute Gasteiger partial charge is 0.328 e. The lowest BCUT2D eigenvalue weighted by molar-refractivity contribution is -0.160. The van der Waals surface area contributed by atoms with Gasteiger partial charge in [-0.3, -0.25) is 4.79 Å². The van der Waals surface area contributed by atoms with E-state index in [4.69, 9.17) is 15.6 Å². The SMILES string of the molecule is CC(C)(C)[C@H](N)C(=O)N1CCOCC1C(=O)O. The maximum atomic E-state index is 12.1. The maximum absolute atomic E-state index is 12.1. The average molecular weight is 244 g/mol. The van der Waals surface area contributed by atoms with Crippen molar-refractivity contribution in [1.82, 2.24) is 4.90 Å². The van der Waals surface area contributed by atoms with Gasteiger partial charge in [-0.05, 0) is 5.41 Å². The number of rotatable bonds is 2. The second kappa shape index (κ2) is 5.01. The summed E-state index contributed by atoms with van der Waals surface area (Å²) in [4.78, 5) is 24.5. The Morgan fingerprint density at radius 2 is 2.06 bits per heavy atom. The summed E-state index contributed by atoms with van der Waals surface area (Å²) in [7, 11) is 0. The highest BCUT2D eigenvalue weighted by Gasteiger charge is 2.38. The first kappa shape index (κ1) is 13.9. The van der Waals surface area contributed by atoms with Crippen molar-refractivity contribution in [2.45, 2.75) is 32.9 Å². The topological polar surface area (TPSA) is 92.9 Å². The number of carbonyl (C=O) groups is 2. The molecular formula is C11H20N2O4. The molecule has 1 aliphatic heterocycles. The highest BCUT2D eigenvalue weighted by Crippen LogP contribution is 2.21. The number of carboxylic acids is 1. The fourth-order valence-corrected chi connectivity index (χ4v) is 1.62. The molecule has 3 N–H and O–H groups in total. The molecular weight excluding hydrogens is 224 g/mol. The van der Waals surface area contributed by atoms with Gasteiger partial charge in [-0.15, -0.1) is 0 Å². The molecule has 6 nitrogen and oxygen atoms in total. The minimum absolute atomic E-state index is 0.0257. The largest absolute Gasteiger partial charge is 0.480 e. The van der Waals surface area contributed by atoms with Gasteiger partial charge in [0, 0.05) is 6.54 Å². The average Bonchev–Trinajstić information content (AvgIpc) is 2.25. The van der Waals surface area contributed by atoms with Crippen LogP contribution in [0.15, 0.2) is 0 Å². The zero-order valence-corrected chi connectivity index (χ0v) is 10.5. The van der Waals surface area contributed by atoms with E-state index < -0.39 is 23.5 Å². The summed E-state index contributed by atoms with van der Waals surface area (Å²) < 4.78 is 5.07. The lowest BCUT2D eigenvalue weighted by Gasteiger charge is -2.37. The molecule has 0 aromatic heterocycles. The van der Waals surface area contributed by atoms with Crippen LogP contribution in [-0.2, 0) is 14.3 Å². The van der Waals surface area contributed by atoms with Gasteiger partial charge in [-0.2, -0.15) is 0 Å². The predicted molar refractivity (Wildman–Crippen MR) is 61.4 cm³/mol. The van der Waals surface area contributed by atoms with Crippen molar-refractivity contribution in [3.05, 3.63) is 0 Å². The van der Waals surface area contributed by atoms with Crippen molar-refractivity contribution in [3.63, 3.8) is 0 Å². The molecule has 0 aliphatic carbocycles. The number of carboxylic acid groups (broad SMARTS) is 1. The van der Waals surface area contributed by atoms with Crippen LogP contribution in [0, 0.1) is 5.41 Å². The van der Waals surface area contributed by atoms with Gasteiger partial charge in [0.05, 0.1) is 19.3 Å². The lowest BCUT2D eigenvalue weighted by Crippen LogP contribution is -2.59. The van der Waals surface area contributed by atoms with E-state index in [1.165, 1.54) is 4.90 Å². The van der Waals surface area contributed by atoms with Crippen molar-refractivity contribution < 1.29 is 19.4 Å². The first-order chi connectivity index (χ1) is 7.75. The number of carbonyl (C=O) groups excluding carboxylic acids is 1. The van der Waals surface area contributed by atoms with E-state index in [-0.39, 0.29) is 19.1 Å². The third-order valence-corrected chi connectivity index (χ3v) is 2.90. The molecule has 2 atom stereocenters. The Hall–Kier alpha value is -1.14. The molecule has 17 heavy (non-hydrogen) atoms. The Kier molecular flexibility index (Phi) is 4.11. The fraction of sp³-hybridized carbons (Fsp3) is 0.818. The number of hydrogen-bond donors (Lipinski definition) is 2. The minimum Gasteiger partial charge on any atom is -0.480 e. The maximum Gasteiger partial charge on any atom is 0.328 e. The summed E-state index contributed by atoms with van der Waals surface area (Å²) in [6.07, 6.45) is 0. The van der Waals surface area contributed by atoms with Crippen LogP contribution >= 0.6 is 0 Å². The number of nitrogens with two attached hydrogens (primary N) is 1. The fourth-order valence-electron chi connectivity index (χ4n) is 1.62. The first-order valence-electron chi connectivity index (χ1n) is 5.61. The minimum atomic E-state index is -1.06. The Morgan fingerprint density at radius 3 is 2.53 bits per heavy atom. The molecule has 1 rings (SSSR count). The standard InChI is InChI=1S/C11H20N2O4/c1-11(2,3)8(12)9(14)13-4-5-17-6-7(13)10(15)16/h7-8H,4-6,12H2,1-3H3,(H,15,16)/t7?,8-/m1/s1. The molecule has 6 heteroatoms. The summed E-state index contributed by atoms with van der Waals surface area (Å²) in [5, 5.41) is 9.03. The van der Waals surface area contributed by atoms with E-state index in [0.717, 1.165) is 0 Å². The number of hydrogen-bond acceptors (Lipinski definition) is 4. The van der Waals surface area contributed by atoms with E-state index in [9.17, 15) is 9.59 Å². The van der Waals surface area contributed by atoms with Gasteiger partial charge < -0.3 is 20.5 Å². The molecule has 98 valence electrons. The van der Waals surface area contributed by atoms with Gasteiger partial charge in [0.25, 0.3) is 0 Å². The van der Waals surface area contributed by atoms with E-state index in [2.05, 4.69) is 0 Å². The van der Waals surface area contributed by atoms with E-state index >= 15 is 0 Å². The molecule has 1 heterocycles. The van der Waals surface area contributed by atoms with Crippen molar-refractivity contribution in [2.75, 3.05) is 19.8 Å². The number of aliphatic carboxylic acids is 1. The van der Waals surface area contributed by atoms with Crippen LogP contribution in [0.5, 0.6) is 0 Å². The molecule has 1 aliphatic rings. The Bertz CT molecular complexity index is 311. The molecule has 1 saturated heterocycles. The molecule has 0 aromatic carbocycles. The lowest BCUT2D eigenvalue weighted by atomic mass is 9.86. The third-order valence-electron chi connectivity index (χ3n) is 2.90. The van der Waals surface area contributed by atoms with Gasteiger partial charge in [-0.25, -0.2) is 4.79 Å². The summed E-state index contributed by atoms with van der Waals surface area (Å²) in [6, 6.07) is -1.63. The van der Waals surface area contributed by atoms with Crippen molar-refractivity contribution in [3.8, 4) is 0 Å². The molecule has 0 spiro atoms. The molecule has 0 saturated carbocycles. The summed E-state index contributed by atoms with van der Waals surface area (Å²) in [6.45, 7) is 6.22. The monoisotopic (exact) mass is 244 g/mol. The number of morpholine rings is 1. The first-order valence-corrected chi connectivity index (χ1v) is 5.61. The molecule has 0 radical (unpaired) electrons. The van der Waals surface area contributed by atoms with E-state index in [1.54, 1.807) is 0 Å². The Balaban J connectivity index is 2.82. The van der Waals surface area contributed by atoms with Crippen LogP contribution in [0.3, 0.4) is 0 Å². The number of amides is 1. The molecule has 1 fully saturated rings. The van der Waals surface area contributed by atoms with Gasteiger partial charge in [0.1, 0.15) is 0 Å². The molecule has 1 amide bonds. The quantitative estimate of drug-likeness (QED) is 0.694.